The van der Waals surface area contributed by atoms with Crippen molar-refractivity contribution in [3.8, 4) is 11.1 Å². The predicted molar refractivity (Wildman–Crippen MR) is 86.9 cm³/mol. The molecule has 2 aromatic carbocycles. The van der Waals surface area contributed by atoms with Crippen molar-refractivity contribution in [1.82, 2.24) is 0 Å². The molecule has 1 aliphatic rings. The van der Waals surface area contributed by atoms with E-state index in [9.17, 15) is 0 Å². The van der Waals surface area contributed by atoms with Crippen LogP contribution in [0.4, 0.5) is 0 Å². The van der Waals surface area contributed by atoms with Crippen LogP contribution in [0.25, 0.3) is 17.2 Å². The van der Waals surface area contributed by atoms with Crippen LogP contribution in [0.5, 0.6) is 0 Å². The van der Waals surface area contributed by atoms with Gasteiger partial charge in [-0.2, -0.15) is 0 Å². The maximum Gasteiger partial charge on any atom is 0.196 e. The number of ether oxygens (including phenoxy) is 1. The Hall–Kier alpha value is -1.94. The Labute approximate surface area is 131 Å². The van der Waals surface area contributed by atoms with Gasteiger partial charge in [0.1, 0.15) is 6.10 Å². The molecule has 0 N–H and O–H groups in total. The molecule has 0 amide bonds. The van der Waals surface area contributed by atoms with Crippen LogP contribution >= 0.6 is 0 Å². The Morgan fingerprint density at radius 2 is 1.64 bits per heavy atom. The first-order valence-corrected chi connectivity index (χ1v) is 7.44. The van der Waals surface area contributed by atoms with Gasteiger partial charge >= 0.3 is 0 Å². The van der Waals surface area contributed by atoms with Gasteiger partial charge in [0.05, 0.1) is 6.61 Å². The fourth-order valence-electron chi connectivity index (χ4n) is 2.24. The summed E-state index contributed by atoms with van der Waals surface area (Å²) in [7, 11) is 0. The summed E-state index contributed by atoms with van der Waals surface area (Å²) in [6, 6.07) is 18.8. The van der Waals surface area contributed by atoms with Crippen molar-refractivity contribution < 1.29 is 14.5 Å². The SMILES string of the molecule is CC1(C)OCC(C=Cc2ccc(-c3ccccc3)cc2)OO1. The van der Waals surface area contributed by atoms with E-state index in [1.165, 1.54) is 11.1 Å². The lowest BCUT2D eigenvalue weighted by atomic mass is 10.0. The molecule has 2 aromatic rings. The monoisotopic (exact) mass is 296 g/mol. The van der Waals surface area contributed by atoms with Crippen molar-refractivity contribution in [2.45, 2.75) is 25.7 Å². The van der Waals surface area contributed by atoms with E-state index in [0.29, 0.717) is 6.61 Å². The average molecular weight is 296 g/mol. The van der Waals surface area contributed by atoms with Gasteiger partial charge in [0.15, 0.2) is 5.79 Å². The van der Waals surface area contributed by atoms with E-state index >= 15 is 0 Å². The summed E-state index contributed by atoms with van der Waals surface area (Å²) in [6.45, 7) is 4.15. The minimum Gasteiger partial charge on any atom is -0.345 e. The number of rotatable bonds is 3. The Kier molecular flexibility index (Phi) is 4.39. The third kappa shape index (κ3) is 3.83. The number of hydrogen-bond donors (Lipinski definition) is 0. The molecule has 1 saturated heterocycles. The van der Waals surface area contributed by atoms with Crippen molar-refractivity contribution in [3.63, 3.8) is 0 Å². The van der Waals surface area contributed by atoms with E-state index in [-0.39, 0.29) is 6.10 Å². The smallest absolute Gasteiger partial charge is 0.196 e. The standard InChI is InChI=1S/C19H20O3/c1-19(2)20-14-18(21-22-19)13-10-15-8-11-17(12-9-15)16-6-4-3-5-7-16/h3-13,18H,14H2,1-2H3. The van der Waals surface area contributed by atoms with E-state index in [2.05, 4.69) is 36.4 Å². The summed E-state index contributed by atoms with van der Waals surface area (Å²) in [4.78, 5) is 10.5. The zero-order valence-electron chi connectivity index (χ0n) is 12.9. The highest BCUT2D eigenvalue weighted by molar-refractivity contribution is 5.65. The molecule has 1 fully saturated rings. The van der Waals surface area contributed by atoms with Gasteiger partial charge in [-0.3, -0.25) is 0 Å². The molecular formula is C19H20O3. The molecule has 3 rings (SSSR count). The van der Waals surface area contributed by atoms with E-state index in [4.69, 9.17) is 14.5 Å². The zero-order valence-corrected chi connectivity index (χ0v) is 12.9. The quantitative estimate of drug-likeness (QED) is 0.783. The predicted octanol–water partition coefficient (Wildman–Crippen LogP) is 4.45. The lowest BCUT2D eigenvalue weighted by Gasteiger charge is -2.32. The molecule has 3 nitrogen and oxygen atoms in total. The minimum absolute atomic E-state index is 0.179. The van der Waals surface area contributed by atoms with Gasteiger partial charge in [0, 0.05) is 0 Å². The van der Waals surface area contributed by atoms with Crippen LogP contribution in [0, 0.1) is 0 Å². The first-order chi connectivity index (χ1) is 10.6. The van der Waals surface area contributed by atoms with Gasteiger partial charge in [-0.25, -0.2) is 9.78 Å². The summed E-state index contributed by atoms with van der Waals surface area (Å²) in [5, 5.41) is 0. The molecular weight excluding hydrogens is 276 g/mol. The second-order valence-corrected chi connectivity index (χ2v) is 5.78. The second kappa shape index (κ2) is 6.44. The molecule has 0 bridgehead atoms. The largest absolute Gasteiger partial charge is 0.345 e. The molecule has 22 heavy (non-hydrogen) atoms. The summed E-state index contributed by atoms with van der Waals surface area (Å²) in [5.74, 6) is -0.665. The van der Waals surface area contributed by atoms with Crippen molar-refractivity contribution in [1.29, 1.82) is 0 Å². The first-order valence-electron chi connectivity index (χ1n) is 7.44. The van der Waals surface area contributed by atoms with Gasteiger partial charge in [-0.1, -0.05) is 60.7 Å². The lowest BCUT2D eigenvalue weighted by Crippen LogP contribution is -2.39. The number of hydrogen-bond acceptors (Lipinski definition) is 3. The van der Waals surface area contributed by atoms with Crippen LogP contribution in [0.1, 0.15) is 19.4 Å². The van der Waals surface area contributed by atoms with Crippen molar-refractivity contribution >= 4 is 6.08 Å². The second-order valence-electron chi connectivity index (χ2n) is 5.78. The molecule has 1 unspecified atom stereocenters. The molecule has 0 spiro atoms. The molecule has 1 atom stereocenters. The highest BCUT2D eigenvalue weighted by Gasteiger charge is 2.28. The molecule has 0 aliphatic carbocycles. The van der Waals surface area contributed by atoms with Crippen molar-refractivity contribution in [2.75, 3.05) is 6.61 Å². The van der Waals surface area contributed by atoms with Gasteiger partial charge in [-0.15, -0.1) is 0 Å². The molecule has 114 valence electrons. The lowest BCUT2D eigenvalue weighted by molar-refractivity contribution is -0.468. The third-order valence-electron chi connectivity index (χ3n) is 3.49. The Balaban J connectivity index is 1.63. The maximum atomic E-state index is 5.54. The van der Waals surface area contributed by atoms with Crippen LogP contribution < -0.4 is 0 Å². The normalized spacial score (nSPS) is 21.1. The summed E-state index contributed by atoms with van der Waals surface area (Å²) >= 11 is 0. The number of benzene rings is 2. The highest BCUT2D eigenvalue weighted by atomic mass is 17.2. The van der Waals surface area contributed by atoms with Gasteiger partial charge in [0.2, 0.25) is 0 Å². The Bertz CT molecular complexity index is 619. The third-order valence-corrected chi connectivity index (χ3v) is 3.49. The van der Waals surface area contributed by atoms with Crippen LogP contribution in [-0.4, -0.2) is 18.5 Å². The van der Waals surface area contributed by atoms with Crippen LogP contribution in [0.3, 0.4) is 0 Å². The minimum atomic E-state index is -0.665. The van der Waals surface area contributed by atoms with Gasteiger partial charge < -0.3 is 4.74 Å². The van der Waals surface area contributed by atoms with E-state index in [1.54, 1.807) is 0 Å². The maximum absolute atomic E-state index is 5.54. The van der Waals surface area contributed by atoms with Gasteiger partial charge in [0.25, 0.3) is 0 Å². The molecule has 0 aromatic heterocycles. The fraction of sp³-hybridized carbons (Fsp3) is 0.263. The fourth-order valence-corrected chi connectivity index (χ4v) is 2.24. The molecule has 1 aliphatic heterocycles. The average Bonchev–Trinajstić information content (AvgIpc) is 2.55. The molecule has 0 saturated carbocycles. The molecule has 3 heteroatoms. The zero-order chi connectivity index (χ0) is 15.4. The summed E-state index contributed by atoms with van der Waals surface area (Å²) in [6.07, 6.45) is 3.79. The summed E-state index contributed by atoms with van der Waals surface area (Å²) in [5.41, 5.74) is 3.55. The van der Waals surface area contributed by atoms with E-state index < -0.39 is 5.79 Å². The first kappa shape index (κ1) is 15.0. The molecule has 0 radical (unpaired) electrons. The van der Waals surface area contributed by atoms with Crippen LogP contribution in [-0.2, 0) is 14.5 Å². The van der Waals surface area contributed by atoms with Crippen LogP contribution in [0.15, 0.2) is 60.7 Å². The highest BCUT2D eigenvalue weighted by Crippen LogP contribution is 2.22. The Morgan fingerprint density at radius 3 is 2.27 bits per heavy atom. The van der Waals surface area contributed by atoms with E-state index in [1.807, 2.05) is 44.2 Å². The van der Waals surface area contributed by atoms with Crippen molar-refractivity contribution in [2.24, 2.45) is 0 Å². The van der Waals surface area contributed by atoms with E-state index in [0.717, 1.165) is 5.56 Å². The Morgan fingerprint density at radius 1 is 0.955 bits per heavy atom. The van der Waals surface area contributed by atoms with Crippen LogP contribution in [0.2, 0.25) is 0 Å². The molecule has 1 heterocycles. The summed E-state index contributed by atoms with van der Waals surface area (Å²) < 4.78 is 5.54. The van der Waals surface area contributed by atoms with Gasteiger partial charge in [-0.05, 0) is 36.6 Å². The topological polar surface area (TPSA) is 27.7 Å². The van der Waals surface area contributed by atoms with Crippen molar-refractivity contribution in [3.05, 3.63) is 66.2 Å².